The van der Waals surface area contributed by atoms with Crippen molar-refractivity contribution in [2.45, 2.75) is 18.3 Å². The summed E-state index contributed by atoms with van der Waals surface area (Å²) in [6.07, 6.45) is 0.569. The van der Waals surface area contributed by atoms with Gasteiger partial charge in [0.15, 0.2) is 23.3 Å². The van der Waals surface area contributed by atoms with Crippen LogP contribution in [0.2, 0.25) is 0 Å². The number of piperidine rings is 1. The van der Waals surface area contributed by atoms with Crippen LogP contribution < -0.4 is 5.32 Å². The molecule has 16 heavy (non-hydrogen) atoms. The number of hydrogen-bond acceptors (Lipinski definition) is 1. The third kappa shape index (κ3) is 1.09. The van der Waals surface area contributed by atoms with Crippen molar-refractivity contribution in [3.8, 4) is 0 Å². The molecule has 1 aromatic carbocycles. The number of halogens is 4. The molecule has 86 valence electrons. The highest BCUT2D eigenvalue weighted by Gasteiger charge is 2.41. The Labute approximate surface area is 89.5 Å². The lowest BCUT2D eigenvalue weighted by atomic mass is 9.97. The second kappa shape index (κ2) is 3.20. The summed E-state index contributed by atoms with van der Waals surface area (Å²) in [7, 11) is 0. The molecule has 1 heterocycles. The van der Waals surface area contributed by atoms with Crippen LogP contribution in [-0.4, -0.2) is 13.1 Å². The second-order valence-corrected chi connectivity index (χ2v) is 4.37. The minimum atomic E-state index is -1.69. The molecular weight excluding hydrogens is 222 g/mol. The molecule has 0 amide bonds. The van der Waals surface area contributed by atoms with Crippen molar-refractivity contribution in [2.75, 3.05) is 13.1 Å². The summed E-state index contributed by atoms with van der Waals surface area (Å²) >= 11 is 0. The van der Waals surface area contributed by atoms with Crippen molar-refractivity contribution < 1.29 is 17.6 Å². The molecule has 0 aromatic heterocycles. The van der Waals surface area contributed by atoms with Crippen LogP contribution in [0.25, 0.3) is 0 Å². The van der Waals surface area contributed by atoms with Crippen molar-refractivity contribution in [3.63, 3.8) is 0 Å². The minimum absolute atomic E-state index is 0.0337. The molecule has 1 aromatic rings. The molecule has 1 aliphatic heterocycles. The van der Waals surface area contributed by atoms with Gasteiger partial charge in [0.25, 0.3) is 0 Å². The first-order chi connectivity index (χ1) is 7.61. The van der Waals surface area contributed by atoms with Gasteiger partial charge < -0.3 is 5.32 Å². The Morgan fingerprint density at radius 3 is 1.62 bits per heavy atom. The lowest BCUT2D eigenvalue weighted by Gasteiger charge is -2.19. The van der Waals surface area contributed by atoms with Crippen LogP contribution in [0, 0.1) is 23.3 Å². The quantitative estimate of drug-likeness (QED) is 0.411. The van der Waals surface area contributed by atoms with Crippen LogP contribution in [0.3, 0.4) is 0 Å². The zero-order chi connectivity index (χ0) is 11.4. The molecule has 5 heteroatoms. The molecule has 0 radical (unpaired) electrons. The fraction of sp³-hybridized carbons (Fsp3) is 0.455. The van der Waals surface area contributed by atoms with E-state index in [0.717, 1.165) is 0 Å². The molecule has 1 nitrogen and oxygen atoms in total. The highest BCUT2D eigenvalue weighted by molar-refractivity contribution is 5.43. The smallest absolute Gasteiger partial charge is 0.197 e. The van der Waals surface area contributed by atoms with Crippen LogP contribution in [0.4, 0.5) is 17.6 Å². The topological polar surface area (TPSA) is 12.0 Å². The van der Waals surface area contributed by atoms with E-state index in [2.05, 4.69) is 5.32 Å². The van der Waals surface area contributed by atoms with Gasteiger partial charge in [-0.2, -0.15) is 0 Å². The summed E-state index contributed by atoms with van der Waals surface area (Å²) in [4.78, 5) is 0. The van der Waals surface area contributed by atoms with Crippen LogP contribution in [0.15, 0.2) is 0 Å². The molecule has 2 atom stereocenters. The summed E-state index contributed by atoms with van der Waals surface area (Å²) in [6.45, 7) is 0.982. The van der Waals surface area contributed by atoms with E-state index < -0.39 is 23.3 Å². The molecule has 1 N–H and O–H groups in total. The van der Waals surface area contributed by atoms with Gasteiger partial charge in [0.1, 0.15) is 0 Å². The molecule has 1 fully saturated rings. The highest BCUT2D eigenvalue weighted by Crippen LogP contribution is 2.47. The maximum absolute atomic E-state index is 13.6. The fourth-order valence-electron chi connectivity index (χ4n) is 2.85. The number of rotatable bonds is 0. The van der Waals surface area contributed by atoms with Crippen LogP contribution in [-0.2, 0) is 0 Å². The van der Waals surface area contributed by atoms with Crippen molar-refractivity contribution in [2.24, 2.45) is 0 Å². The van der Waals surface area contributed by atoms with E-state index in [1.165, 1.54) is 0 Å². The second-order valence-electron chi connectivity index (χ2n) is 4.37. The number of nitrogens with one attached hydrogen (secondary N) is 1. The lowest BCUT2D eigenvalue weighted by molar-refractivity contribution is 0.400. The minimum Gasteiger partial charge on any atom is -0.316 e. The van der Waals surface area contributed by atoms with Crippen molar-refractivity contribution in [3.05, 3.63) is 34.4 Å². The molecule has 3 rings (SSSR count). The normalized spacial score (nSPS) is 27.0. The van der Waals surface area contributed by atoms with Gasteiger partial charge in [-0.1, -0.05) is 0 Å². The summed E-state index contributed by atoms with van der Waals surface area (Å²) in [5.41, 5.74) is 0.0674. The SMILES string of the molecule is Fc1c(F)c(F)c2c(c1F)C1CNCC2C1. The Hall–Kier alpha value is -1.10. The van der Waals surface area contributed by atoms with E-state index in [9.17, 15) is 17.6 Å². The highest BCUT2D eigenvalue weighted by atomic mass is 19.2. The predicted molar refractivity (Wildman–Crippen MR) is 49.2 cm³/mol. The Morgan fingerprint density at radius 2 is 1.19 bits per heavy atom. The first kappa shape index (κ1) is 10.1. The number of benzene rings is 1. The summed E-state index contributed by atoms with van der Waals surface area (Å²) < 4.78 is 53.3. The largest absolute Gasteiger partial charge is 0.316 e. The first-order valence-corrected chi connectivity index (χ1v) is 5.17. The molecule has 0 saturated carbocycles. The maximum atomic E-state index is 13.6. The molecular formula is C11H9F4N. The number of fused-ring (bicyclic) bond motifs is 5. The fourth-order valence-corrected chi connectivity index (χ4v) is 2.85. The van der Waals surface area contributed by atoms with Crippen LogP contribution in [0.5, 0.6) is 0 Å². The van der Waals surface area contributed by atoms with Gasteiger partial charge in [-0.05, 0) is 6.42 Å². The van der Waals surface area contributed by atoms with E-state index in [0.29, 0.717) is 19.5 Å². The van der Waals surface area contributed by atoms with Gasteiger partial charge in [0, 0.05) is 36.1 Å². The van der Waals surface area contributed by atoms with Gasteiger partial charge in [0.2, 0.25) is 0 Å². The Balaban J connectivity index is 2.32. The molecule has 0 spiro atoms. The van der Waals surface area contributed by atoms with Crippen LogP contribution in [0.1, 0.15) is 29.4 Å². The molecule has 1 saturated heterocycles. The van der Waals surface area contributed by atoms with Crippen molar-refractivity contribution in [1.82, 2.24) is 5.32 Å². The van der Waals surface area contributed by atoms with E-state index in [4.69, 9.17) is 0 Å². The zero-order valence-electron chi connectivity index (χ0n) is 8.29. The predicted octanol–water partition coefficient (Wildman–Crippen LogP) is 2.42. The standard InChI is InChI=1S/C11H9F4N/c12-8-6-4-1-5(3-16-2-4)7(6)9(13)11(15)10(8)14/h4-5,16H,1-3H2. The van der Waals surface area contributed by atoms with Gasteiger partial charge in [-0.25, -0.2) is 17.6 Å². The molecule has 2 aliphatic rings. The maximum Gasteiger partial charge on any atom is 0.197 e. The summed E-state index contributed by atoms with van der Waals surface area (Å²) in [6, 6.07) is 0. The van der Waals surface area contributed by atoms with Gasteiger partial charge >= 0.3 is 0 Å². The van der Waals surface area contributed by atoms with Gasteiger partial charge in [0.05, 0.1) is 0 Å². The Morgan fingerprint density at radius 1 is 0.750 bits per heavy atom. The van der Waals surface area contributed by atoms with E-state index in [1.54, 1.807) is 0 Å². The third-order valence-electron chi connectivity index (χ3n) is 3.51. The van der Waals surface area contributed by atoms with Crippen molar-refractivity contribution in [1.29, 1.82) is 0 Å². The van der Waals surface area contributed by atoms with E-state index >= 15 is 0 Å². The Bertz CT molecular complexity index is 431. The van der Waals surface area contributed by atoms with E-state index in [1.807, 2.05) is 0 Å². The zero-order valence-corrected chi connectivity index (χ0v) is 8.29. The molecule has 2 unspecified atom stereocenters. The van der Waals surface area contributed by atoms with Crippen molar-refractivity contribution >= 4 is 0 Å². The molecule has 2 bridgehead atoms. The van der Waals surface area contributed by atoms with Crippen LogP contribution >= 0.6 is 0 Å². The Kier molecular flexibility index (Phi) is 2.01. The number of hydrogen-bond donors (Lipinski definition) is 1. The monoisotopic (exact) mass is 231 g/mol. The van der Waals surface area contributed by atoms with Gasteiger partial charge in [-0.3, -0.25) is 0 Å². The van der Waals surface area contributed by atoms with E-state index in [-0.39, 0.29) is 23.0 Å². The third-order valence-corrected chi connectivity index (χ3v) is 3.51. The average molecular weight is 231 g/mol. The summed E-state index contributed by atoms with van der Waals surface area (Å²) in [5.74, 6) is -6.29. The first-order valence-electron chi connectivity index (χ1n) is 5.17. The molecule has 1 aliphatic carbocycles. The lowest BCUT2D eigenvalue weighted by Crippen LogP contribution is -2.28. The summed E-state index contributed by atoms with van der Waals surface area (Å²) in [5, 5.41) is 3.01. The average Bonchev–Trinajstić information content (AvgIpc) is 2.55. The van der Waals surface area contributed by atoms with Gasteiger partial charge in [-0.15, -0.1) is 0 Å².